The highest BCUT2D eigenvalue weighted by Crippen LogP contribution is 2.22. The van der Waals surface area contributed by atoms with Crippen molar-refractivity contribution in [2.75, 3.05) is 43.5 Å². The lowest BCUT2D eigenvalue weighted by Gasteiger charge is -2.12. The number of nitro benzene ring substituents is 1. The molecule has 142 valence electrons. The average molecular weight is 481 g/mol. The Morgan fingerprint density at radius 2 is 2.00 bits per heavy atom. The standard InChI is InChI=1S/C16H27N5O2S.HI/c1-3-17-16(19-10-6-7-13-24-2)20-12-11-18-14-8-4-5-9-15(14)21(22)23;/h4-5,8-9,18H,3,6-7,10-13H2,1-2H3,(H2,17,19,20);1H. The van der Waals surface area contributed by atoms with Gasteiger partial charge in [0.15, 0.2) is 5.96 Å². The second-order valence-corrected chi connectivity index (χ2v) is 6.07. The molecule has 0 unspecified atom stereocenters. The largest absolute Gasteiger partial charge is 0.378 e. The van der Waals surface area contributed by atoms with Gasteiger partial charge in [-0.05, 0) is 37.8 Å². The number of aliphatic imine (C=N–C) groups is 1. The van der Waals surface area contributed by atoms with E-state index in [2.05, 4.69) is 27.2 Å². The zero-order chi connectivity index (χ0) is 17.6. The third-order valence-corrected chi connectivity index (χ3v) is 3.90. The summed E-state index contributed by atoms with van der Waals surface area (Å²) in [6, 6.07) is 6.65. The fraction of sp³-hybridized carbons (Fsp3) is 0.562. The molecule has 0 amide bonds. The number of halogens is 1. The van der Waals surface area contributed by atoms with Gasteiger partial charge in [0.05, 0.1) is 4.92 Å². The van der Waals surface area contributed by atoms with Crippen LogP contribution in [0.2, 0.25) is 0 Å². The molecule has 9 heteroatoms. The topological polar surface area (TPSA) is 91.6 Å². The minimum absolute atomic E-state index is 0. The maximum Gasteiger partial charge on any atom is 0.292 e. The normalized spacial score (nSPS) is 10.7. The number of thioether (sulfide) groups is 1. The highest BCUT2D eigenvalue weighted by atomic mass is 127. The van der Waals surface area contributed by atoms with Crippen LogP contribution in [0.25, 0.3) is 0 Å². The summed E-state index contributed by atoms with van der Waals surface area (Å²) in [7, 11) is 0. The molecule has 0 radical (unpaired) electrons. The van der Waals surface area contributed by atoms with Crippen molar-refractivity contribution in [3.05, 3.63) is 34.4 Å². The van der Waals surface area contributed by atoms with Crippen molar-refractivity contribution in [3.63, 3.8) is 0 Å². The Balaban J connectivity index is 0.00000576. The smallest absolute Gasteiger partial charge is 0.292 e. The SMILES string of the molecule is CCNC(=NCCCCSC)NCCNc1ccccc1[N+](=O)[O-].I. The Morgan fingerprint density at radius 3 is 2.68 bits per heavy atom. The van der Waals surface area contributed by atoms with Crippen LogP contribution in [-0.2, 0) is 0 Å². The Morgan fingerprint density at radius 1 is 1.24 bits per heavy atom. The molecule has 1 rings (SSSR count). The van der Waals surface area contributed by atoms with Crippen LogP contribution in [0.3, 0.4) is 0 Å². The molecule has 0 saturated heterocycles. The summed E-state index contributed by atoms with van der Waals surface area (Å²) in [5, 5.41) is 20.5. The monoisotopic (exact) mass is 481 g/mol. The van der Waals surface area contributed by atoms with Crippen LogP contribution in [0, 0.1) is 10.1 Å². The molecule has 1 aromatic carbocycles. The van der Waals surface area contributed by atoms with Crippen molar-refractivity contribution in [1.82, 2.24) is 10.6 Å². The predicted molar refractivity (Wildman–Crippen MR) is 119 cm³/mol. The van der Waals surface area contributed by atoms with Crippen molar-refractivity contribution in [2.24, 2.45) is 4.99 Å². The van der Waals surface area contributed by atoms with E-state index >= 15 is 0 Å². The Bertz CT molecular complexity index is 531. The Hall–Kier alpha value is -1.23. The van der Waals surface area contributed by atoms with Gasteiger partial charge in [-0.2, -0.15) is 11.8 Å². The van der Waals surface area contributed by atoms with E-state index in [1.807, 2.05) is 18.7 Å². The molecule has 7 nitrogen and oxygen atoms in total. The van der Waals surface area contributed by atoms with Crippen molar-refractivity contribution in [1.29, 1.82) is 0 Å². The second-order valence-electron chi connectivity index (χ2n) is 5.09. The van der Waals surface area contributed by atoms with E-state index in [4.69, 9.17) is 0 Å². The molecule has 0 aliphatic carbocycles. The molecule has 0 aromatic heterocycles. The van der Waals surface area contributed by atoms with Crippen molar-refractivity contribution in [3.8, 4) is 0 Å². The van der Waals surface area contributed by atoms with Crippen LogP contribution < -0.4 is 16.0 Å². The number of hydrogen-bond donors (Lipinski definition) is 3. The molecule has 3 N–H and O–H groups in total. The number of para-hydroxylation sites is 2. The van der Waals surface area contributed by atoms with Gasteiger partial charge in [-0.15, -0.1) is 24.0 Å². The summed E-state index contributed by atoms with van der Waals surface area (Å²) in [5.74, 6) is 1.95. The van der Waals surface area contributed by atoms with Crippen molar-refractivity contribution in [2.45, 2.75) is 19.8 Å². The fourth-order valence-electron chi connectivity index (χ4n) is 2.05. The van der Waals surface area contributed by atoms with Crippen LogP contribution in [0.15, 0.2) is 29.3 Å². The van der Waals surface area contributed by atoms with E-state index < -0.39 is 0 Å². The van der Waals surface area contributed by atoms with Crippen LogP contribution in [-0.4, -0.2) is 49.1 Å². The summed E-state index contributed by atoms with van der Waals surface area (Å²) in [6.45, 7) is 4.82. The minimum Gasteiger partial charge on any atom is -0.378 e. The number of rotatable bonds is 11. The molecule has 0 atom stereocenters. The van der Waals surface area contributed by atoms with Gasteiger partial charge < -0.3 is 16.0 Å². The number of hydrogen-bond acceptors (Lipinski definition) is 5. The number of unbranched alkanes of at least 4 members (excludes halogenated alkanes) is 1. The van der Waals surface area contributed by atoms with Gasteiger partial charge in [0.2, 0.25) is 0 Å². The van der Waals surface area contributed by atoms with E-state index in [0.717, 1.165) is 25.5 Å². The molecule has 0 heterocycles. The maximum absolute atomic E-state index is 11.0. The van der Waals surface area contributed by atoms with Crippen molar-refractivity contribution >= 4 is 53.1 Å². The molecule has 0 aliphatic heterocycles. The number of anilines is 1. The lowest BCUT2D eigenvalue weighted by Crippen LogP contribution is -2.39. The van der Waals surface area contributed by atoms with Crippen LogP contribution >= 0.6 is 35.7 Å². The summed E-state index contributed by atoms with van der Waals surface area (Å²) in [4.78, 5) is 15.1. The predicted octanol–water partition coefficient (Wildman–Crippen LogP) is 3.32. The van der Waals surface area contributed by atoms with Gasteiger partial charge >= 0.3 is 0 Å². The molecule has 0 saturated carbocycles. The first-order chi connectivity index (χ1) is 11.7. The summed E-state index contributed by atoms with van der Waals surface area (Å²) in [6.07, 6.45) is 4.36. The van der Waals surface area contributed by atoms with Crippen LogP contribution in [0.5, 0.6) is 0 Å². The molecule has 0 bridgehead atoms. The van der Waals surface area contributed by atoms with Gasteiger partial charge in [-0.3, -0.25) is 15.1 Å². The Kier molecular flexibility index (Phi) is 14.3. The van der Waals surface area contributed by atoms with E-state index in [-0.39, 0.29) is 34.6 Å². The summed E-state index contributed by atoms with van der Waals surface area (Å²) < 4.78 is 0. The van der Waals surface area contributed by atoms with Gasteiger partial charge in [0.1, 0.15) is 5.69 Å². The van der Waals surface area contributed by atoms with E-state index in [1.54, 1.807) is 18.2 Å². The summed E-state index contributed by atoms with van der Waals surface area (Å²) in [5.41, 5.74) is 0.621. The first-order valence-corrected chi connectivity index (χ1v) is 9.56. The minimum atomic E-state index is -0.379. The molecular formula is C16H28IN5O2S. The molecule has 25 heavy (non-hydrogen) atoms. The average Bonchev–Trinajstić information content (AvgIpc) is 2.58. The van der Waals surface area contributed by atoms with E-state index in [0.29, 0.717) is 18.8 Å². The van der Waals surface area contributed by atoms with Gasteiger partial charge in [0.25, 0.3) is 5.69 Å². The van der Waals surface area contributed by atoms with Gasteiger partial charge in [-0.25, -0.2) is 0 Å². The van der Waals surface area contributed by atoms with Crippen LogP contribution in [0.4, 0.5) is 11.4 Å². The van der Waals surface area contributed by atoms with Crippen LogP contribution in [0.1, 0.15) is 19.8 Å². The van der Waals surface area contributed by atoms with E-state index in [9.17, 15) is 10.1 Å². The number of nitrogens with zero attached hydrogens (tertiary/aromatic N) is 2. The lowest BCUT2D eigenvalue weighted by molar-refractivity contribution is -0.384. The lowest BCUT2D eigenvalue weighted by atomic mass is 10.2. The summed E-state index contributed by atoms with van der Waals surface area (Å²) >= 11 is 1.85. The van der Waals surface area contributed by atoms with Gasteiger partial charge in [0, 0.05) is 32.2 Å². The zero-order valence-electron chi connectivity index (χ0n) is 14.8. The molecule has 1 aromatic rings. The third-order valence-electron chi connectivity index (χ3n) is 3.20. The third kappa shape index (κ3) is 10.4. The molecule has 0 aliphatic rings. The van der Waals surface area contributed by atoms with E-state index in [1.165, 1.54) is 18.2 Å². The highest BCUT2D eigenvalue weighted by Gasteiger charge is 2.11. The first-order valence-electron chi connectivity index (χ1n) is 8.17. The number of guanidine groups is 1. The quantitative estimate of drug-likeness (QED) is 0.112. The number of benzene rings is 1. The Labute approximate surface area is 171 Å². The molecule has 0 fully saturated rings. The first kappa shape index (κ1) is 23.8. The molecule has 0 spiro atoms. The van der Waals surface area contributed by atoms with Crippen molar-refractivity contribution < 1.29 is 4.92 Å². The second kappa shape index (κ2) is 15.1. The zero-order valence-corrected chi connectivity index (χ0v) is 17.9. The number of nitro groups is 1. The molecular weight excluding hydrogens is 453 g/mol. The maximum atomic E-state index is 11.0. The fourth-order valence-corrected chi connectivity index (χ4v) is 2.54. The highest BCUT2D eigenvalue weighted by molar-refractivity contribution is 14.0. The van der Waals surface area contributed by atoms with Gasteiger partial charge in [-0.1, -0.05) is 12.1 Å². The number of nitrogens with one attached hydrogen (secondary N) is 3.